The van der Waals surface area contributed by atoms with E-state index in [2.05, 4.69) is 0 Å². The molecule has 0 atom stereocenters. The van der Waals surface area contributed by atoms with Crippen LogP contribution in [-0.4, -0.2) is 61.0 Å². The Morgan fingerprint density at radius 2 is 1.22 bits per heavy atom. The zero-order valence-corrected chi connectivity index (χ0v) is 14.3. The Morgan fingerprint density at radius 1 is 0.667 bits per heavy atom. The number of rotatable bonds is 2. The maximum Gasteiger partial charge on any atom is 0.488 e. The van der Waals surface area contributed by atoms with E-state index in [1.165, 1.54) is 0 Å². The minimum atomic E-state index is -1.57. The normalized spacial score (nSPS) is 11.3. The minimum Gasteiger partial charge on any atom is -0.423 e. The van der Waals surface area contributed by atoms with Crippen LogP contribution in [0.25, 0.3) is 27.5 Å². The standard InChI is InChI=1S/C18H9B6NO2/c19-13-14(20)16(22)18(17(23)15(13)21)25-11-4-2-1-3-9(11)10-7-8(24(26)27)5-6-12(10)25/h1-7,26-27H. The van der Waals surface area contributed by atoms with Crippen molar-refractivity contribution in [1.29, 1.82) is 0 Å². The summed E-state index contributed by atoms with van der Waals surface area (Å²) in [5.74, 6) is 0. The maximum atomic E-state index is 9.53. The van der Waals surface area contributed by atoms with E-state index in [4.69, 9.17) is 39.2 Å². The molecule has 0 aliphatic carbocycles. The first-order valence-electron chi connectivity index (χ1n) is 8.23. The van der Waals surface area contributed by atoms with Crippen molar-refractivity contribution in [3.05, 3.63) is 42.5 Å². The molecule has 116 valence electrons. The molecular weight excluding hydrogens is 327 g/mol. The maximum absolute atomic E-state index is 9.53. The smallest absolute Gasteiger partial charge is 0.423 e. The summed E-state index contributed by atoms with van der Waals surface area (Å²) in [4.78, 5) is 0. The average molecular weight is 336 g/mol. The van der Waals surface area contributed by atoms with Gasteiger partial charge in [0.1, 0.15) is 39.2 Å². The largest absolute Gasteiger partial charge is 0.488 e. The third-order valence-corrected chi connectivity index (χ3v) is 4.89. The van der Waals surface area contributed by atoms with E-state index in [1.807, 2.05) is 28.8 Å². The topological polar surface area (TPSA) is 45.4 Å². The van der Waals surface area contributed by atoms with Gasteiger partial charge in [0.05, 0.1) is 11.0 Å². The molecular formula is C18H9B6NO2. The fourth-order valence-corrected chi connectivity index (χ4v) is 3.47. The zero-order valence-electron chi connectivity index (χ0n) is 14.3. The first-order chi connectivity index (χ1) is 12.8. The Morgan fingerprint density at radius 3 is 1.85 bits per heavy atom. The van der Waals surface area contributed by atoms with Crippen molar-refractivity contribution in [2.75, 3.05) is 0 Å². The monoisotopic (exact) mass is 337 g/mol. The Bertz CT molecular complexity index is 1190. The SMILES string of the molecule is [B]c1c([B])c([B])c(-n2c3ccccc3c3cc(B(O)O)ccc32)c([B])c1[B]. The Labute approximate surface area is 164 Å². The summed E-state index contributed by atoms with van der Waals surface area (Å²) in [6, 6.07) is 12.7. The molecule has 0 unspecified atom stereocenters. The van der Waals surface area contributed by atoms with Gasteiger partial charge in [-0.1, -0.05) is 41.3 Å². The molecule has 3 aromatic carbocycles. The molecule has 27 heavy (non-hydrogen) atoms. The van der Waals surface area contributed by atoms with Crippen LogP contribution in [0.3, 0.4) is 0 Å². The average Bonchev–Trinajstić information content (AvgIpc) is 2.99. The number of benzene rings is 3. The minimum absolute atomic E-state index is 0.153. The molecule has 2 N–H and O–H groups in total. The number of hydrogen-bond donors (Lipinski definition) is 2. The summed E-state index contributed by atoms with van der Waals surface area (Å²) in [5, 5.41) is 20.8. The summed E-state index contributed by atoms with van der Waals surface area (Å²) in [7, 11) is 29.0. The van der Waals surface area contributed by atoms with Crippen molar-refractivity contribution in [1.82, 2.24) is 4.57 Å². The predicted molar refractivity (Wildman–Crippen MR) is 118 cm³/mol. The van der Waals surface area contributed by atoms with Gasteiger partial charge in [0, 0.05) is 16.5 Å². The van der Waals surface area contributed by atoms with Gasteiger partial charge in [-0.2, -0.15) is 0 Å². The van der Waals surface area contributed by atoms with Crippen LogP contribution >= 0.6 is 0 Å². The second-order valence-corrected chi connectivity index (χ2v) is 6.42. The number of aromatic nitrogens is 1. The van der Waals surface area contributed by atoms with Gasteiger partial charge in [0.25, 0.3) is 0 Å². The summed E-state index contributed by atoms with van der Waals surface area (Å²) in [6.45, 7) is 0. The molecule has 4 rings (SSSR count). The van der Waals surface area contributed by atoms with Crippen LogP contribution in [0.1, 0.15) is 0 Å². The molecule has 4 aromatic rings. The lowest BCUT2D eigenvalue weighted by Gasteiger charge is -2.23. The van der Waals surface area contributed by atoms with Gasteiger partial charge in [0.15, 0.2) is 0 Å². The van der Waals surface area contributed by atoms with Crippen LogP contribution in [-0.2, 0) is 0 Å². The lowest BCUT2D eigenvalue weighted by atomic mass is 9.61. The molecule has 9 heteroatoms. The highest BCUT2D eigenvalue weighted by molar-refractivity contribution is 6.68. The van der Waals surface area contributed by atoms with Crippen molar-refractivity contribution >= 4 is 101 Å². The highest BCUT2D eigenvalue weighted by Crippen LogP contribution is 2.30. The molecule has 0 spiro atoms. The Kier molecular flexibility index (Phi) is 4.32. The van der Waals surface area contributed by atoms with Crippen LogP contribution in [0.4, 0.5) is 0 Å². The summed E-state index contributed by atoms with van der Waals surface area (Å²) in [5.41, 5.74) is 3.36. The molecule has 0 saturated carbocycles. The van der Waals surface area contributed by atoms with E-state index < -0.39 is 7.12 Å². The van der Waals surface area contributed by atoms with Crippen LogP contribution in [0, 0.1) is 0 Å². The number of nitrogens with zero attached hydrogens (tertiary/aromatic N) is 1. The van der Waals surface area contributed by atoms with E-state index in [1.54, 1.807) is 18.2 Å². The highest BCUT2D eigenvalue weighted by atomic mass is 16.4. The highest BCUT2D eigenvalue weighted by Gasteiger charge is 2.19. The Hall–Kier alpha value is -2.23. The molecule has 10 radical (unpaired) electrons. The van der Waals surface area contributed by atoms with Gasteiger partial charge in [-0.15, -0.1) is 16.4 Å². The predicted octanol–water partition coefficient (Wildman–Crippen LogP) is -3.57. The van der Waals surface area contributed by atoms with Crippen molar-refractivity contribution < 1.29 is 10.0 Å². The molecule has 1 aromatic heterocycles. The zero-order chi connectivity index (χ0) is 19.5. The summed E-state index contributed by atoms with van der Waals surface area (Å²) in [6.07, 6.45) is 0. The third kappa shape index (κ3) is 2.60. The summed E-state index contributed by atoms with van der Waals surface area (Å²) < 4.78 is 1.86. The second-order valence-electron chi connectivity index (χ2n) is 6.42. The lowest BCUT2D eigenvalue weighted by molar-refractivity contribution is 0.426. The van der Waals surface area contributed by atoms with Crippen molar-refractivity contribution in [3.63, 3.8) is 0 Å². The molecule has 0 fully saturated rings. The van der Waals surface area contributed by atoms with Gasteiger partial charge in [0.2, 0.25) is 0 Å². The third-order valence-electron chi connectivity index (χ3n) is 4.89. The molecule has 0 aliphatic rings. The van der Waals surface area contributed by atoms with Crippen LogP contribution < -0.4 is 32.8 Å². The first kappa shape index (κ1) is 18.1. The van der Waals surface area contributed by atoms with Crippen molar-refractivity contribution in [2.45, 2.75) is 0 Å². The molecule has 0 saturated heterocycles. The fourth-order valence-electron chi connectivity index (χ4n) is 3.47. The number of para-hydroxylation sites is 1. The van der Waals surface area contributed by atoms with E-state index >= 15 is 0 Å². The van der Waals surface area contributed by atoms with Gasteiger partial charge in [-0.25, -0.2) is 0 Å². The van der Waals surface area contributed by atoms with Gasteiger partial charge < -0.3 is 14.6 Å². The second kappa shape index (κ2) is 6.43. The molecule has 1 heterocycles. The lowest BCUT2D eigenvalue weighted by Crippen LogP contribution is -2.56. The van der Waals surface area contributed by atoms with Crippen molar-refractivity contribution in [3.8, 4) is 5.69 Å². The van der Waals surface area contributed by atoms with E-state index in [9.17, 15) is 10.0 Å². The van der Waals surface area contributed by atoms with Crippen LogP contribution in [0.2, 0.25) is 0 Å². The van der Waals surface area contributed by atoms with E-state index in [0.29, 0.717) is 11.2 Å². The Balaban J connectivity index is 2.21. The van der Waals surface area contributed by atoms with Crippen LogP contribution in [0.5, 0.6) is 0 Å². The van der Waals surface area contributed by atoms with Gasteiger partial charge in [-0.05, 0) is 17.6 Å². The van der Waals surface area contributed by atoms with Gasteiger partial charge >= 0.3 is 7.12 Å². The molecule has 0 bridgehead atoms. The molecule has 0 aliphatic heterocycles. The van der Waals surface area contributed by atoms with Gasteiger partial charge in [-0.3, -0.25) is 0 Å². The molecule has 3 nitrogen and oxygen atoms in total. The summed E-state index contributed by atoms with van der Waals surface area (Å²) >= 11 is 0. The quantitative estimate of drug-likeness (QED) is 0.372. The first-order valence-corrected chi connectivity index (χ1v) is 8.23. The van der Waals surface area contributed by atoms with Crippen LogP contribution in [0.15, 0.2) is 42.5 Å². The fraction of sp³-hybridized carbons (Fsp3) is 0. The van der Waals surface area contributed by atoms with E-state index in [0.717, 1.165) is 21.8 Å². The number of fused-ring (bicyclic) bond motifs is 3. The van der Waals surface area contributed by atoms with Crippen molar-refractivity contribution in [2.24, 2.45) is 0 Å². The van der Waals surface area contributed by atoms with E-state index in [-0.39, 0.29) is 27.3 Å². The molecule has 0 amide bonds. The number of hydrogen-bond acceptors (Lipinski definition) is 2.